The van der Waals surface area contributed by atoms with Gasteiger partial charge in [-0.25, -0.2) is 4.98 Å². The summed E-state index contributed by atoms with van der Waals surface area (Å²) < 4.78 is 0. The molecule has 0 bridgehead atoms. The number of hydrogen-bond acceptors (Lipinski definition) is 3. The fraction of sp³-hybridized carbons (Fsp3) is 0.333. The van der Waals surface area contributed by atoms with Crippen LogP contribution in [0.2, 0.25) is 0 Å². The number of aromatic amines is 1. The highest BCUT2D eigenvalue weighted by Crippen LogP contribution is 2.25. The molecule has 2 rings (SSSR count). The summed E-state index contributed by atoms with van der Waals surface area (Å²) in [5.74, 6) is 0.306. The molecule has 0 unspecified atom stereocenters. The Hall–Kier alpha value is -0.580. The topological polar surface area (TPSA) is 45.8 Å². The second-order valence-corrected chi connectivity index (χ2v) is 5.25. The van der Waals surface area contributed by atoms with Crippen molar-refractivity contribution in [3.63, 3.8) is 0 Å². The molecule has 0 radical (unpaired) electrons. The third kappa shape index (κ3) is 2.02. The molecule has 0 amide bonds. The van der Waals surface area contributed by atoms with Crippen molar-refractivity contribution in [2.45, 2.75) is 18.2 Å². The molecule has 3 nitrogen and oxygen atoms in total. The first kappa shape index (κ1) is 10.9. The van der Waals surface area contributed by atoms with Crippen molar-refractivity contribution in [1.29, 1.82) is 0 Å². The molecule has 0 atom stereocenters. The van der Waals surface area contributed by atoms with Crippen LogP contribution in [-0.4, -0.2) is 9.97 Å². The first-order chi connectivity index (χ1) is 7.11. The number of halogens is 2. The standard InChI is InChI=1S/C9H8Cl2N2OS/c1-2-4-3-5-8(14)12-7(6(10)11)13-9(5)15-4/h3,6H,2H2,1H3,(H,12,13,14). The van der Waals surface area contributed by atoms with Gasteiger partial charge in [0.2, 0.25) is 0 Å². The molecule has 80 valence electrons. The lowest BCUT2D eigenvalue weighted by molar-refractivity contribution is 1.02. The summed E-state index contributed by atoms with van der Waals surface area (Å²) in [7, 11) is 0. The zero-order chi connectivity index (χ0) is 11.0. The van der Waals surface area contributed by atoms with Crippen LogP contribution < -0.4 is 5.56 Å². The number of rotatable bonds is 2. The number of nitrogens with zero attached hydrogens (tertiary/aromatic N) is 1. The lowest BCUT2D eigenvalue weighted by atomic mass is 10.3. The van der Waals surface area contributed by atoms with Crippen LogP contribution in [0, 0.1) is 0 Å². The fourth-order valence-electron chi connectivity index (χ4n) is 1.28. The predicted molar refractivity (Wildman–Crippen MR) is 64.1 cm³/mol. The second-order valence-electron chi connectivity index (χ2n) is 3.04. The summed E-state index contributed by atoms with van der Waals surface area (Å²) in [6.45, 7) is 2.03. The molecule has 0 aliphatic heterocycles. The molecule has 1 N–H and O–H groups in total. The molecule has 6 heteroatoms. The van der Waals surface area contributed by atoms with E-state index < -0.39 is 4.84 Å². The number of aromatic nitrogens is 2. The van der Waals surface area contributed by atoms with E-state index in [0.717, 1.165) is 11.3 Å². The van der Waals surface area contributed by atoms with Crippen LogP contribution in [0.1, 0.15) is 22.5 Å². The van der Waals surface area contributed by atoms with Crippen LogP contribution in [0.25, 0.3) is 10.2 Å². The Labute approximate surface area is 100 Å². The Bertz CT molecular complexity index is 547. The third-order valence-electron chi connectivity index (χ3n) is 2.03. The number of aryl methyl sites for hydroxylation is 1. The quantitative estimate of drug-likeness (QED) is 0.846. The molecule has 0 aliphatic rings. The number of alkyl halides is 2. The van der Waals surface area contributed by atoms with Gasteiger partial charge >= 0.3 is 0 Å². The largest absolute Gasteiger partial charge is 0.308 e. The Morgan fingerprint density at radius 1 is 1.60 bits per heavy atom. The van der Waals surface area contributed by atoms with Gasteiger partial charge in [0.15, 0.2) is 4.84 Å². The number of hydrogen-bond donors (Lipinski definition) is 1. The normalized spacial score (nSPS) is 11.5. The maximum absolute atomic E-state index is 11.6. The van der Waals surface area contributed by atoms with Gasteiger partial charge in [-0.15, -0.1) is 11.3 Å². The van der Waals surface area contributed by atoms with Crippen LogP contribution in [0.15, 0.2) is 10.9 Å². The molecule has 2 aromatic heterocycles. The summed E-state index contributed by atoms with van der Waals surface area (Å²) in [5, 5.41) is 0.606. The molecule has 0 saturated heterocycles. The number of thiophene rings is 1. The fourth-order valence-corrected chi connectivity index (χ4v) is 2.46. The predicted octanol–water partition coefficient (Wildman–Crippen LogP) is 3.02. The van der Waals surface area contributed by atoms with Gasteiger partial charge in [0.05, 0.1) is 5.39 Å². The molecule has 15 heavy (non-hydrogen) atoms. The van der Waals surface area contributed by atoms with Gasteiger partial charge in [-0.2, -0.15) is 0 Å². The summed E-state index contributed by atoms with van der Waals surface area (Å²) in [5.41, 5.74) is -0.183. The van der Waals surface area contributed by atoms with Crippen LogP contribution in [0.3, 0.4) is 0 Å². The van der Waals surface area contributed by atoms with Crippen LogP contribution >= 0.6 is 34.5 Å². The highest BCUT2D eigenvalue weighted by Gasteiger charge is 2.11. The van der Waals surface area contributed by atoms with E-state index in [9.17, 15) is 4.79 Å². The molecule has 0 aliphatic carbocycles. The molecule has 0 spiro atoms. The van der Waals surface area contributed by atoms with E-state index in [1.165, 1.54) is 11.3 Å². The lowest BCUT2D eigenvalue weighted by Gasteiger charge is -1.98. The smallest absolute Gasteiger partial charge is 0.259 e. The van der Waals surface area contributed by atoms with E-state index in [1.54, 1.807) is 0 Å². The summed E-state index contributed by atoms with van der Waals surface area (Å²) in [4.78, 5) is 19.4. The number of fused-ring (bicyclic) bond motifs is 1. The molecule has 0 aromatic carbocycles. The minimum absolute atomic E-state index is 0.183. The van der Waals surface area contributed by atoms with E-state index in [1.807, 2.05) is 13.0 Å². The van der Waals surface area contributed by atoms with Crippen LogP contribution in [0.4, 0.5) is 0 Å². The maximum atomic E-state index is 11.6. The Morgan fingerprint density at radius 2 is 2.33 bits per heavy atom. The summed E-state index contributed by atoms with van der Waals surface area (Å²) in [6, 6.07) is 1.85. The maximum Gasteiger partial charge on any atom is 0.259 e. The van der Waals surface area contributed by atoms with Gasteiger partial charge in [0.25, 0.3) is 5.56 Å². The first-order valence-electron chi connectivity index (χ1n) is 4.42. The second kappa shape index (κ2) is 4.12. The SMILES string of the molecule is CCc1cc2c(=O)[nH]c(C(Cl)Cl)nc2s1. The molecular formula is C9H8Cl2N2OS. The molecule has 0 fully saturated rings. The minimum atomic E-state index is -0.797. The van der Waals surface area contributed by atoms with Crippen molar-refractivity contribution in [1.82, 2.24) is 9.97 Å². The Kier molecular flexibility index (Phi) is 3.00. The van der Waals surface area contributed by atoms with E-state index >= 15 is 0 Å². The first-order valence-corrected chi connectivity index (χ1v) is 6.11. The molecule has 2 heterocycles. The monoisotopic (exact) mass is 262 g/mol. The van der Waals surface area contributed by atoms with E-state index in [4.69, 9.17) is 23.2 Å². The van der Waals surface area contributed by atoms with E-state index in [0.29, 0.717) is 16.0 Å². The van der Waals surface area contributed by atoms with Gasteiger partial charge < -0.3 is 4.98 Å². The summed E-state index contributed by atoms with van der Waals surface area (Å²) in [6.07, 6.45) is 0.890. The summed E-state index contributed by atoms with van der Waals surface area (Å²) >= 11 is 12.8. The van der Waals surface area contributed by atoms with Crippen molar-refractivity contribution in [3.8, 4) is 0 Å². The van der Waals surface area contributed by atoms with Gasteiger partial charge in [0, 0.05) is 4.88 Å². The molecular weight excluding hydrogens is 255 g/mol. The Morgan fingerprint density at radius 3 is 2.93 bits per heavy atom. The zero-order valence-electron chi connectivity index (χ0n) is 7.88. The minimum Gasteiger partial charge on any atom is -0.308 e. The molecule has 0 saturated carbocycles. The van der Waals surface area contributed by atoms with Crippen molar-refractivity contribution >= 4 is 44.8 Å². The highest BCUT2D eigenvalue weighted by atomic mass is 35.5. The van der Waals surface area contributed by atoms with Gasteiger partial charge in [-0.05, 0) is 12.5 Å². The average Bonchev–Trinajstić information content (AvgIpc) is 2.61. The van der Waals surface area contributed by atoms with Crippen molar-refractivity contribution in [2.75, 3.05) is 0 Å². The van der Waals surface area contributed by atoms with Gasteiger partial charge in [0.1, 0.15) is 10.7 Å². The highest BCUT2D eigenvalue weighted by molar-refractivity contribution is 7.18. The van der Waals surface area contributed by atoms with Crippen molar-refractivity contribution < 1.29 is 0 Å². The number of H-pyrrole nitrogens is 1. The number of nitrogens with one attached hydrogen (secondary N) is 1. The van der Waals surface area contributed by atoms with Gasteiger partial charge in [-0.3, -0.25) is 4.79 Å². The Balaban J connectivity index is 2.70. The van der Waals surface area contributed by atoms with Crippen molar-refractivity contribution in [2.24, 2.45) is 0 Å². The molecule has 2 aromatic rings. The van der Waals surface area contributed by atoms with E-state index in [-0.39, 0.29) is 5.56 Å². The lowest BCUT2D eigenvalue weighted by Crippen LogP contribution is -2.10. The average molecular weight is 263 g/mol. The third-order valence-corrected chi connectivity index (χ3v) is 3.61. The zero-order valence-corrected chi connectivity index (χ0v) is 10.2. The van der Waals surface area contributed by atoms with E-state index in [2.05, 4.69) is 9.97 Å². The van der Waals surface area contributed by atoms with Crippen molar-refractivity contribution in [3.05, 3.63) is 27.1 Å². The van der Waals surface area contributed by atoms with Crippen LogP contribution in [-0.2, 0) is 6.42 Å². The van der Waals surface area contributed by atoms with Gasteiger partial charge in [-0.1, -0.05) is 30.1 Å². The van der Waals surface area contributed by atoms with Crippen LogP contribution in [0.5, 0.6) is 0 Å².